The molecule has 0 amide bonds. The van der Waals surface area contributed by atoms with E-state index in [1.165, 1.54) is 5.69 Å². The van der Waals surface area contributed by atoms with Gasteiger partial charge in [-0.1, -0.05) is 12.1 Å². The number of aliphatic hydroxyl groups is 1. The van der Waals surface area contributed by atoms with Gasteiger partial charge in [-0.2, -0.15) is 0 Å². The Balaban J connectivity index is 2.17. The highest BCUT2D eigenvalue weighted by Gasteiger charge is 2.24. The Kier molecular flexibility index (Phi) is 3.84. The summed E-state index contributed by atoms with van der Waals surface area (Å²) >= 11 is 3.57. The van der Waals surface area contributed by atoms with E-state index in [1.54, 1.807) is 0 Å². The lowest BCUT2D eigenvalue weighted by Crippen LogP contribution is -2.57. The molecule has 2 rings (SSSR count). The van der Waals surface area contributed by atoms with Gasteiger partial charge < -0.3 is 15.3 Å². The molecule has 2 unspecified atom stereocenters. The molecule has 0 saturated carbocycles. The van der Waals surface area contributed by atoms with E-state index in [9.17, 15) is 5.11 Å². The lowest BCUT2D eigenvalue weighted by Gasteiger charge is -2.38. The summed E-state index contributed by atoms with van der Waals surface area (Å²) in [6.45, 7) is 4.15. The summed E-state index contributed by atoms with van der Waals surface area (Å²) in [6.07, 6.45) is 0. The fraction of sp³-hybridized carbons (Fsp3) is 0.500. The molecular weight excluding hydrogens is 268 g/mol. The summed E-state index contributed by atoms with van der Waals surface area (Å²) in [6, 6.07) is 8.78. The largest absolute Gasteiger partial charge is 0.395 e. The van der Waals surface area contributed by atoms with Gasteiger partial charge in [0.25, 0.3) is 0 Å². The molecule has 0 radical (unpaired) electrons. The first kappa shape index (κ1) is 11.9. The molecule has 1 heterocycles. The molecule has 2 N–H and O–H groups in total. The fourth-order valence-corrected chi connectivity index (χ4v) is 2.73. The third kappa shape index (κ3) is 2.56. The van der Waals surface area contributed by atoms with E-state index >= 15 is 0 Å². The lowest BCUT2D eigenvalue weighted by molar-refractivity contribution is 0.221. The molecule has 88 valence electrons. The van der Waals surface area contributed by atoms with E-state index in [4.69, 9.17) is 0 Å². The van der Waals surface area contributed by atoms with Crippen LogP contribution in [-0.2, 0) is 0 Å². The van der Waals surface area contributed by atoms with E-state index in [0.29, 0.717) is 6.04 Å². The minimum absolute atomic E-state index is 0.163. The van der Waals surface area contributed by atoms with Crippen LogP contribution in [0.4, 0.5) is 5.69 Å². The average Bonchev–Trinajstić information content (AvgIpc) is 2.28. The number of nitrogens with one attached hydrogen (secondary N) is 1. The maximum Gasteiger partial charge on any atom is 0.0602 e. The third-order valence-corrected chi connectivity index (χ3v) is 3.54. The zero-order chi connectivity index (χ0) is 11.5. The van der Waals surface area contributed by atoms with E-state index in [2.05, 4.69) is 45.2 Å². The number of anilines is 1. The normalized spacial score (nSPS) is 25.8. The van der Waals surface area contributed by atoms with E-state index in [1.807, 2.05) is 12.1 Å². The second kappa shape index (κ2) is 5.17. The lowest BCUT2D eigenvalue weighted by atomic mass is 10.1. The van der Waals surface area contributed by atoms with Crippen molar-refractivity contribution in [2.24, 2.45) is 0 Å². The molecule has 1 aromatic carbocycles. The summed E-state index contributed by atoms with van der Waals surface area (Å²) < 4.78 is 1.11. The number of hydrogen-bond donors (Lipinski definition) is 2. The van der Waals surface area contributed by atoms with E-state index < -0.39 is 0 Å². The predicted octanol–water partition coefficient (Wildman–Crippen LogP) is 1.61. The van der Waals surface area contributed by atoms with Crippen molar-refractivity contribution in [3.05, 3.63) is 28.7 Å². The molecule has 4 heteroatoms. The van der Waals surface area contributed by atoms with Crippen LogP contribution in [0.1, 0.15) is 6.92 Å². The number of aliphatic hydroxyl groups excluding tert-OH is 1. The van der Waals surface area contributed by atoms with Gasteiger partial charge in [0.15, 0.2) is 0 Å². The van der Waals surface area contributed by atoms with Crippen LogP contribution in [0.3, 0.4) is 0 Å². The van der Waals surface area contributed by atoms with Crippen molar-refractivity contribution in [2.75, 3.05) is 24.6 Å². The molecule has 1 fully saturated rings. The summed E-state index contributed by atoms with van der Waals surface area (Å²) in [5.74, 6) is 0. The maximum absolute atomic E-state index is 9.24. The standard InChI is InChI=1S/C12H17BrN2O/c1-9-6-15(7-10(8-16)14-9)12-5-3-2-4-11(12)13/h2-5,9-10,14,16H,6-8H2,1H3. The Morgan fingerprint density at radius 2 is 2.19 bits per heavy atom. The first-order valence-electron chi connectivity index (χ1n) is 5.57. The Labute approximate surface area is 105 Å². The number of para-hydroxylation sites is 1. The van der Waals surface area contributed by atoms with Crippen LogP contribution in [0.5, 0.6) is 0 Å². The zero-order valence-corrected chi connectivity index (χ0v) is 10.9. The average molecular weight is 285 g/mol. The van der Waals surface area contributed by atoms with Crippen molar-refractivity contribution in [3.63, 3.8) is 0 Å². The predicted molar refractivity (Wildman–Crippen MR) is 69.8 cm³/mol. The molecule has 1 aliphatic heterocycles. The van der Waals surface area contributed by atoms with Crippen molar-refractivity contribution in [1.29, 1.82) is 0 Å². The SMILES string of the molecule is CC1CN(c2ccccc2Br)CC(CO)N1. The van der Waals surface area contributed by atoms with Gasteiger partial charge in [0.2, 0.25) is 0 Å². The number of piperazine rings is 1. The van der Waals surface area contributed by atoms with Crippen LogP contribution in [0.25, 0.3) is 0 Å². The fourth-order valence-electron chi connectivity index (χ4n) is 2.19. The molecule has 1 aliphatic rings. The van der Waals surface area contributed by atoms with Gasteiger partial charge in [0.05, 0.1) is 12.3 Å². The van der Waals surface area contributed by atoms with Crippen molar-refractivity contribution < 1.29 is 5.11 Å². The van der Waals surface area contributed by atoms with Gasteiger partial charge in [0, 0.05) is 29.6 Å². The highest BCUT2D eigenvalue weighted by molar-refractivity contribution is 9.10. The third-order valence-electron chi connectivity index (χ3n) is 2.87. The van der Waals surface area contributed by atoms with Crippen LogP contribution in [-0.4, -0.2) is 36.9 Å². The smallest absolute Gasteiger partial charge is 0.0602 e. The van der Waals surface area contributed by atoms with E-state index in [0.717, 1.165) is 17.6 Å². The van der Waals surface area contributed by atoms with Crippen molar-refractivity contribution in [3.8, 4) is 0 Å². The Morgan fingerprint density at radius 1 is 1.44 bits per heavy atom. The van der Waals surface area contributed by atoms with Crippen LogP contribution >= 0.6 is 15.9 Å². The first-order chi connectivity index (χ1) is 7.70. The second-order valence-electron chi connectivity index (χ2n) is 4.30. The van der Waals surface area contributed by atoms with Crippen molar-refractivity contribution >= 4 is 21.6 Å². The number of halogens is 1. The minimum Gasteiger partial charge on any atom is -0.395 e. The van der Waals surface area contributed by atoms with Crippen molar-refractivity contribution in [1.82, 2.24) is 5.32 Å². The van der Waals surface area contributed by atoms with Crippen molar-refractivity contribution in [2.45, 2.75) is 19.0 Å². The van der Waals surface area contributed by atoms with Crippen LogP contribution in [0.2, 0.25) is 0 Å². The molecule has 0 aromatic heterocycles. The molecule has 1 saturated heterocycles. The Bertz CT molecular complexity index is 359. The minimum atomic E-state index is 0.163. The molecule has 3 nitrogen and oxygen atoms in total. The summed E-state index contributed by atoms with van der Waals surface area (Å²) in [7, 11) is 0. The Hall–Kier alpha value is -0.580. The first-order valence-corrected chi connectivity index (χ1v) is 6.36. The topological polar surface area (TPSA) is 35.5 Å². The van der Waals surface area contributed by atoms with E-state index in [-0.39, 0.29) is 12.6 Å². The quantitative estimate of drug-likeness (QED) is 0.866. The monoisotopic (exact) mass is 284 g/mol. The van der Waals surface area contributed by atoms with Crippen LogP contribution in [0, 0.1) is 0 Å². The molecular formula is C12H17BrN2O. The van der Waals surface area contributed by atoms with Gasteiger partial charge in [-0.25, -0.2) is 0 Å². The molecule has 16 heavy (non-hydrogen) atoms. The number of nitrogens with zero attached hydrogens (tertiary/aromatic N) is 1. The zero-order valence-electron chi connectivity index (χ0n) is 9.36. The summed E-state index contributed by atoms with van der Waals surface area (Å²) in [5.41, 5.74) is 1.20. The molecule has 0 spiro atoms. The van der Waals surface area contributed by atoms with Gasteiger partial charge in [0.1, 0.15) is 0 Å². The number of hydrogen-bond acceptors (Lipinski definition) is 3. The maximum atomic E-state index is 9.24. The van der Waals surface area contributed by atoms with Gasteiger partial charge in [-0.05, 0) is 35.0 Å². The molecule has 0 bridgehead atoms. The highest BCUT2D eigenvalue weighted by atomic mass is 79.9. The van der Waals surface area contributed by atoms with Gasteiger partial charge in [-0.3, -0.25) is 0 Å². The second-order valence-corrected chi connectivity index (χ2v) is 5.16. The van der Waals surface area contributed by atoms with Gasteiger partial charge >= 0.3 is 0 Å². The Morgan fingerprint density at radius 3 is 2.88 bits per heavy atom. The number of benzene rings is 1. The van der Waals surface area contributed by atoms with Crippen LogP contribution in [0.15, 0.2) is 28.7 Å². The summed E-state index contributed by atoms with van der Waals surface area (Å²) in [5, 5.41) is 12.6. The van der Waals surface area contributed by atoms with Gasteiger partial charge in [-0.15, -0.1) is 0 Å². The van der Waals surface area contributed by atoms with Crippen LogP contribution < -0.4 is 10.2 Å². The molecule has 2 atom stereocenters. The number of rotatable bonds is 2. The highest BCUT2D eigenvalue weighted by Crippen LogP contribution is 2.27. The molecule has 0 aliphatic carbocycles. The molecule has 1 aromatic rings. The summed E-state index contributed by atoms with van der Waals surface area (Å²) in [4.78, 5) is 2.31.